The molecule has 0 aliphatic heterocycles. The van der Waals surface area contributed by atoms with Crippen LogP contribution in [0.25, 0.3) is 10.4 Å². The van der Waals surface area contributed by atoms with Crippen LogP contribution in [0.1, 0.15) is 28.0 Å². The molecule has 3 rings (SSSR count). The van der Waals surface area contributed by atoms with Crippen molar-refractivity contribution < 1.29 is 4.79 Å². The van der Waals surface area contributed by atoms with E-state index in [0.29, 0.717) is 5.69 Å². The lowest BCUT2D eigenvalue weighted by atomic mass is 10.1. The van der Waals surface area contributed by atoms with Gasteiger partial charge in [0.15, 0.2) is 0 Å². The summed E-state index contributed by atoms with van der Waals surface area (Å²) in [6.07, 6.45) is 0.802. The molecule has 2 aromatic carbocycles. The maximum Gasteiger partial charge on any atom is 0.271 e. The van der Waals surface area contributed by atoms with E-state index >= 15 is 0 Å². The fraction of sp³-hybridized carbons (Fsp3) is 0.200. The lowest BCUT2D eigenvalue weighted by Crippen LogP contribution is -2.34. The van der Waals surface area contributed by atoms with Crippen LogP contribution in [0.3, 0.4) is 0 Å². The van der Waals surface area contributed by atoms with Gasteiger partial charge in [-0.2, -0.15) is 0 Å². The van der Waals surface area contributed by atoms with Gasteiger partial charge in [-0.15, -0.1) is 11.3 Å². The molecule has 0 aliphatic carbocycles. The zero-order valence-corrected chi connectivity index (χ0v) is 14.6. The highest BCUT2D eigenvalue weighted by atomic mass is 32.1. The SMILES string of the molecule is Cc1nc(C(=O)N[C@@H](C)Cc2ccccc2)c(-c2ccccc2)s1. The summed E-state index contributed by atoms with van der Waals surface area (Å²) in [6, 6.07) is 20.2. The third kappa shape index (κ3) is 3.89. The van der Waals surface area contributed by atoms with Gasteiger partial charge in [-0.1, -0.05) is 60.7 Å². The van der Waals surface area contributed by atoms with E-state index in [4.69, 9.17) is 0 Å². The minimum absolute atomic E-state index is 0.0468. The standard InChI is InChI=1S/C20H20N2OS/c1-14(13-16-9-5-3-6-10-16)21-20(23)18-19(24-15(2)22-18)17-11-7-4-8-12-17/h3-12,14H,13H2,1-2H3,(H,21,23)/t14-/m0/s1. The van der Waals surface area contributed by atoms with Crippen molar-refractivity contribution in [3.8, 4) is 10.4 Å². The topological polar surface area (TPSA) is 42.0 Å². The van der Waals surface area contributed by atoms with Gasteiger partial charge in [-0.3, -0.25) is 4.79 Å². The third-order valence-electron chi connectivity index (χ3n) is 3.75. The second-order valence-corrected chi connectivity index (χ2v) is 7.04. The van der Waals surface area contributed by atoms with Crippen molar-refractivity contribution in [3.63, 3.8) is 0 Å². The molecule has 1 heterocycles. The molecule has 0 bridgehead atoms. The number of aryl methyl sites for hydroxylation is 1. The Morgan fingerprint density at radius 2 is 1.71 bits per heavy atom. The first-order valence-electron chi connectivity index (χ1n) is 8.01. The van der Waals surface area contributed by atoms with E-state index in [-0.39, 0.29) is 11.9 Å². The van der Waals surface area contributed by atoms with E-state index in [1.165, 1.54) is 5.56 Å². The predicted octanol–water partition coefficient (Wildman–Crippen LogP) is 4.48. The first kappa shape index (κ1) is 16.4. The summed E-state index contributed by atoms with van der Waals surface area (Å²) in [5.74, 6) is -0.110. The number of hydrogen-bond acceptors (Lipinski definition) is 3. The minimum Gasteiger partial charge on any atom is -0.348 e. The van der Waals surface area contributed by atoms with Crippen LogP contribution in [0.2, 0.25) is 0 Å². The molecular weight excluding hydrogens is 316 g/mol. The zero-order chi connectivity index (χ0) is 16.9. The molecule has 0 aliphatic rings. The van der Waals surface area contributed by atoms with Crippen LogP contribution in [0, 0.1) is 6.92 Å². The molecule has 1 amide bonds. The Labute approximate surface area is 146 Å². The summed E-state index contributed by atoms with van der Waals surface area (Å²) in [4.78, 5) is 18.1. The van der Waals surface area contributed by atoms with Gasteiger partial charge in [-0.05, 0) is 31.4 Å². The maximum atomic E-state index is 12.7. The molecule has 0 spiro atoms. The zero-order valence-electron chi connectivity index (χ0n) is 13.8. The second-order valence-electron chi connectivity index (χ2n) is 5.84. The number of hydrogen-bond donors (Lipinski definition) is 1. The van der Waals surface area contributed by atoms with Crippen LogP contribution in [-0.2, 0) is 6.42 Å². The summed E-state index contributed by atoms with van der Waals surface area (Å²) in [7, 11) is 0. The number of carbonyl (C=O) groups excluding carboxylic acids is 1. The molecule has 24 heavy (non-hydrogen) atoms. The first-order chi connectivity index (χ1) is 11.6. The summed E-state index contributed by atoms with van der Waals surface area (Å²) in [5.41, 5.74) is 2.76. The van der Waals surface area contributed by atoms with Gasteiger partial charge in [0.1, 0.15) is 5.69 Å². The quantitative estimate of drug-likeness (QED) is 0.746. The van der Waals surface area contributed by atoms with Crippen molar-refractivity contribution in [2.45, 2.75) is 26.3 Å². The molecule has 0 fully saturated rings. The summed E-state index contributed by atoms with van der Waals surface area (Å²) in [6.45, 7) is 3.95. The van der Waals surface area contributed by atoms with Crippen molar-refractivity contribution in [1.29, 1.82) is 0 Å². The van der Waals surface area contributed by atoms with Gasteiger partial charge in [0.05, 0.1) is 9.88 Å². The molecule has 1 aromatic heterocycles. The molecule has 0 saturated heterocycles. The Morgan fingerprint density at radius 3 is 2.38 bits per heavy atom. The number of aromatic nitrogens is 1. The van der Waals surface area contributed by atoms with E-state index in [1.807, 2.05) is 62.4 Å². The first-order valence-corrected chi connectivity index (χ1v) is 8.83. The second kappa shape index (κ2) is 7.41. The highest BCUT2D eigenvalue weighted by Crippen LogP contribution is 2.30. The van der Waals surface area contributed by atoms with Crippen LogP contribution < -0.4 is 5.32 Å². The summed E-state index contributed by atoms with van der Waals surface area (Å²) < 4.78 is 0. The average molecular weight is 336 g/mol. The monoisotopic (exact) mass is 336 g/mol. The number of nitrogens with one attached hydrogen (secondary N) is 1. The van der Waals surface area contributed by atoms with Gasteiger partial charge in [-0.25, -0.2) is 4.98 Å². The normalized spacial score (nSPS) is 11.9. The van der Waals surface area contributed by atoms with Crippen LogP contribution in [0.5, 0.6) is 0 Å². The summed E-state index contributed by atoms with van der Waals surface area (Å²) in [5, 5.41) is 3.97. The average Bonchev–Trinajstić information content (AvgIpc) is 2.98. The Bertz CT molecular complexity index is 812. The minimum atomic E-state index is -0.110. The van der Waals surface area contributed by atoms with Crippen molar-refractivity contribution in [2.75, 3.05) is 0 Å². The highest BCUT2D eigenvalue weighted by Gasteiger charge is 2.19. The van der Waals surface area contributed by atoms with E-state index in [0.717, 1.165) is 21.9 Å². The lowest BCUT2D eigenvalue weighted by molar-refractivity contribution is 0.0936. The Balaban J connectivity index is 1.76. The van der Waals surface area contributed by atoms with Crippen molar-refractivity contribution in [1.82, 2.24) is 10.3 Å². The number of rotatable bonds is 5. The highest BCUT2D eigenvalue weighted by molar-refractivity contribution is 7.15. The van der Waals surface area contributed by atoms with E-state index in [9.17, 15) is 4.79 Å². The number of amides is 1. The van der Waals surface area contributed by atoms with Crippen LogP contribution in [-0.4, -0.2) is 16.9 Å². The van der Waals surface area contributed by atoms with E-state index in [2.05, 4.69) is 22.4 Å². The molecule has 3 aromatic rings. The van der Waals surface area contributed by atoms with Crippen LogP contribution in [0.15, 0.2) is 60.7 Å². The molecule has 1 N–H and O–H groups in total. The van der Waals surface area contributed by atoms with Gasteiger partial charge in [0.25, 0.3) is 5.91 Å². The Hall–Kier alpha value is -2.46. The third-order valence-corrected chi connectivity index (χ3v) is 4.77. The number of carbonyl (C=O) groups is 1. The molecule has 0 unspecified atom stereocenters. The number of benzene rings is 2. The lowest BCUT2D eigenvalue weighted by Gasteiger charge is -2.13. The van der Waals surface area contributed by atoms with Crippen molar-refractivity contribution >= 4 is 17.2 Å². The molecule has 1 atom stereocenters. The molecular formula is C20H20N2OS. The molecule has 0 saturated carbocycles. The van der Waals surface area contributed by atoms with Gasteiger partial charge < -0.3 is 5.32 Å². The molecule has 0 radical (unpaired) electrons. The largest absolute Gasteiger partial charge is 0.348 e. The van der Waals surface area contributed by atoms with Crippen LogP contribution in [0.4, 0.5) is 0 Å². The molecule has 3 nitrogen and oxygen atoms in total. The molecule has 122 valence electrons. The van der Waals surface area contributed by atoms with Crippen molar-refractivity contribution in [2.24, 2.45) is 0 Å². The number of thiazole rings is 1. The smallest absolute Gasteiger partial charge is 0.271 e. The summed E-state index contributed by atoms with van der Waals surface area (Å²) >= 11 is 1.55. The Kier molecular flexibility index (Phi) is 5.06. The molecule has 4 heteroatoms. The van der Waals surface area contributed by atoms with Crippen molar-refractivity contribution in [3.05, 3.63) is 76.9 Å². The fourth-order valence-corrected chi connectivity index (χ4v) is 3.60. The Morgan fingerprint density at radius 1 is 1.08 bits per heavy atom. The van der Waals surface area contributed by atoms with Crippen LogP contribution >= 0.6 is 11.3 Å². The van der Waals surface area contributed by atoms with Gasteiger partial charge in [0.2, 0.25) is 0 Å². The fourth-order valence-electron chi connectivity index (χ4n) is 2.68. The predicted molar refractivity (Wildman–Crippen MR) is 99.4 cm³/mol. The van der Waals surface area contributed by atoms with Gasteiger partial charge in [0, 0.05) is 6.04 Å². The number of nitrogens with zero attached hydrogens (tertiary/aromatic N) is 1. The van der Waals surface area contributed by atoms with E-state index in [1.54, 1.807) is 11.3 Å². The van der Waals surface area contributed by atoms with Gasteiger partial charge >= 0.3 is 0 Å². The van der Waals surface area contributed by atoms with E-state index < -0.39 is 0 Å². The maximum absolute atomic E-state index is 12.7.